The summed E-state index contributed by atoms with van der Waals surface area (Å²) < 4.78 is 5.17. The maximum Gasteiger partial charge on any atom is 0.323 e. The van der Waals surface area contributed by atoms with Gasteiger partial charge in [0.25, 0.3) is 0 Å². The van der Waals surface area contributed by atoms with Crippen LogP contribution in [0.1, 0.15) is 38.1 Å². The van der Waals surface area contributed by atoms with E-state index < -0.39 is 0 Å². The molecular weight excluding hydrogens is 276 g/mol. The second kappa shape index (κ2) is 7.54. The van der Waals surface area contributed by atoms with Crippen LogP contribution in [0.15, 0.2) is 0 Å². The zero-order valence-corrected chi connectivity index (χ0v) is 12.9. The van der Waals surface area contributed by atoms with Gasteiger partial charge in [0.15, 0.2) is 0 Å². The van der Waals surface area contributed by atoms with Crippen molar-refractivity contribution in [2.45, 2.75) is 45.7 Å². The number of aromatic nitrogens is 2. The summed E-state index contributed by atoms with van der Waals surface area (Å²) in [7, 11) is 0. The minimum Gasteiger partial charge on any atom is -0.465 e. The number of piperidine rings is 1. The average Bonchev–Trinajstić information content (AvgIpc) is 2.87. The predicted molar refractivity (Wildman–Crippen MR) is 78.8 cm³/mol. The molecule has 0 radical (unpaired) electrons. The van der Waals surface area contributed by atoms with Crippen molar-refractivity contribution in [3.8, 4) is 0 Å². The molecular formula is C13H22N4O2S. The van der Waals surface area contributed by atoms with Gasteiger partial charge in [0.1, 0.15) is 11.0 Å². The highest BCUT2D eigenvalue weighted by Gasteiger charge is 2.30. The van der Waals surface area contributed by atoms with Gasteiger partial charge in [-0.3, -0.25) is 9.69 Å². The molecule has 1 aliphatic heterocycles. The second-order valence-corrected chi connectivity index (χ2v) is 5.83. The van der Waals surface area contributed by atoms with Gasteiger partial charge in [0, 0.05) is 6.54 Å². The van der Waals surface area contributed by atoms with Crippen LogP contribution in [-0.4, -0.2) is 46.8 Å². The number of likely N-dealkylation sites (tertiary alicyclic amines) is 1. The van der Waals surface area contributed by atoms with Crippen LogP contribution in [0.4, 0.5) is 5.13 Å². The summed E-state index contributed by atoms with van der Waals surface area (Å²) in [5.74, 6) is -0.108. The molecule has 7 heteroatoms. The van der Waals surface area contributed by atoms with Gasteiger partial charge < -0.3 is 10.1 Å². The van der Waals surface area contributed by atoms with E-state index in [1.54, 1.807) is 11.3 Å². The van der Waals surface area contributed by atoms with Crippen molar-refractivity contribution < 1.29 is 9.53 Å². The van der Waals surface area contributed by atoms with Gasteiger partial charge in [-0.2, -0.15) is 0 Å². The smallest absolute Gasteiger partial charge is 0.323 e. The molecule has 1 saturated heterocycles. The molecule has 0 saturated carbocycles. The molecule has 2 heterocycles. The molecule has 0 amide bonds. The van der Waals surface area contributed by atoms with Crippen LogP contribution in [0.3, 0.4) is 0 Å². The van der Waals surface area contributed by atoms with Crippen molar-refractivity contribution in [3.63, 3.8) is 0 Å². The molecule has 1 aromatic rings. The molecule has 1 atom stereocenters. The molecule has 0 spiro atoms. The molecule has 20 heavy (non-hydrogen) atoms. The Balaban J connectivity index is 1.98. The van der Waals surface area contributed by atoms with E-state index in [1.165, 1.54) is 0 Å². The standard InChI is InChI=1S/C13H22N4O2S/c1-3-14-13-16-15-11(20-13)9-17-8-6-5-7-10(17)12(18)19-4-2/h10H,3-9H2,1-2H3,(H,14,16). The first-order valence-corrected chi connectivity index (χ1v) is 8.03. The van der Waals surface area contributed by atoms with Crippen molar-refractivity contribution in [1.82, 2.24) is 15.1 Å². The first-order valence-electron chi connectivity index (χ1n) is 7.21. The molecule has 112 valence electrons. The lowest BCUT2D eigenvalue weighted by Gasteiger charge is -2.33. The monoisotopic (exact) mass is 298 g/mol. The van der Waals surface area contributed by atoms with E-state index in [2.05, 4.69) is 20.4 Å². The molecule has 0 bridgehead atoms. The molecule has 0 aliphatic carbocycles. The Hall–Kier alpha value is -1.21. The summed E-state index contributed by atoms with van der Waals surface area (Å²) in [6.45, 7) is 6.74. The number of carbonyl (C=O) groups excluding carboxylic acids is 1. The highest BCUT2D eigenvalue weighted by molar-refractivity contribution is 7.15. The minimum atomic E-state index is -0.129. The zero-order chi connectivity index (χ0) is 14.4. The maximum atomic E-state index is 12.0. The Morgan fingerprint density at radius 2 is 2.30 bits per heavy atom. The van der Waals surface area contributed by atoms with Crippen LogP contribution in [0.5, 0.6) is 0 Å². The van der Waals surface area contributed by atoms with Crippen molar-refractivity contribution in [3.05, 3.63) is 5.01 Å². The van der Waals surface area contributed by atoms with E-state index in [0.717, 1.165) is 42.5 Å². The topological polar surface area (TPSA) is 67.4 Å². The summed E-state index contributed by atoms with van der Waals surface area (Å²) in [5.41, 5.74) is 0. The molecule has 6 nitrogen and oxygen atoms in total. The number of esters is 1. The van der Waals surface area contributed by atoms with E-state index in [1.807, 2.05) is 13.8 Å². The number of hydrogen-bond acceptors (Lipinski definition) is 7. The summed E-state index contributed by atoms with van der Waals surface area (Å²) in [5, 5.41) is 13.2. The fraction of sp³-hybridized carbons (Fsp3) is 0.769. The molecule has 1 N–H and O–H groups in total. The molecule has 2 rings (SSSR count). The molecule has 1 fully saturated rings. The highest BCUT2D eigenvalue weighted by Crippen LogP contribution is 2.23. The van der Waals surface area contributed by atoms with Crippen molar-refractivity contribution in [2.75, 3.05) is 25.0 Å². The van der Waals surface area contributed by atoms with Gasteiger partial charge in [-0.25, -0.2) is 0 Å². The van der Waals surface area contributed by atoms with E-state index in [0.29, 0.717) is 13.2 Å². The van der Waals surface area contributed by atoms with Gasteiger partial charge in [0.2, 0.25) is 5.13 Å². The number of ether oxygens (including phenoxy) is 1. The lowest BCUT2D eigenvalue weighted by molar-refractivity contribution is -0.151. The number of rotatable bonds is 6. The first kappa shape index (κ1) is 15.2. The van der Waals surface area contributed by atoms with Crippen LogP contribution >= 0.6 is 11.3 Å². The third-order valence-corrected chi connectivity index (χ3v) is 4.17. The molecule has 1 unspecified atom stereocenters. The lowest BCUT2D eigenvalue weighted by Crippen LogP contribution is -2.44. The lowest BCUT2D eigenvalue weighted by atomic mass is 10.0. The largest absolute Gasteiger partial charge is 0.465 e. The fourth-order valence-electron chi connectivity index (χ4n) is 2.40. The van der Waals surface area contributed by atoms with E-state index in [-0.39, 0.29) is 12.0 Å². The zero-order valence-electron chi connectivity index (χ0n) is 12.1. The van der Waals surface area contributed by atoms with Crippen LogP contribution in [0.25, 0.3) is 0 Å². The van der Waals surface area contributed by atoms with Crippen LogP contribution in [0, 0.1) is 0 Å². The Kier molecular flexibility index (Phi) is 5.72. The molecule has 1 aromatic heterocycles. The van der Waals surface area contributed by atoms with Gasteiger partial charge in [-0.05, 0) is 33.2 Å². The number of nitrogens with one attached hydrogen (secondary N) is 1. The quantitative estimate of drug-likeness (QED) is 0.809. The van der Waals surface area contributed by atoms with Gasteiger partial charge in [0.05, 0.1) is 13.2 Å². The van der Waals surface area contributed by atoms with E-state index in [4.69, 9.17) is 4.74 Å². The van der Waals surface area contributed by atoms with E-state index in [9.17, 15) is 4.79 Å². The minimum absolute atomic E-state index is 0.108. The van der Waals surface area contributed by atoms with Crippen molar-refractivity contribution in [1.29, 1.82) is 0 Å². The van der Waals surface area contributed by atoms with Crippen molar-refractivity contribution >= 4 is 22.4 Å². The van der Waals surface area contributed by atoms with Crippen LogP contribution < -0.4 is 5.32 Å². The normalized spacial score (nSPS) is 19.8. The Morgan fingerprint density at radius 1 is 1.45 bits per heavy atom. The Bertz CT molecular complexity index is 438. The van der Waals surface area contributed by atoms with Gasteiger partial charge >= 0.3 is 5.97 Å². The summed E-state index contributed by atoms with van der Waals surface area (Å²) >= 11 is 1.55. The third-order valence-electron chi connectivity index (χ3n) is 3.31. The number of anilines is 1. The van der Waals surface area contributed by atoms with Crippen LogP contribution in [0.2, 0.25) is 0 Å². The van der Waals surface area contributed by atoms with E-state index >= 15 is 0 Å². The summed E-state index contributed by atoms with van der Waals surface area (Å²) in [6, 6.07) is -0.129. The number of carbonyl (C=O) groups is 1. The third kappa shape index (κ3) is 3.89. The van der Waals surface area contributed by atoms with Crippen LogP contribution in [-0.2, 0) is 16.1 Å². The summed E-state index contributed by atoms with van der Waals surface area (Å²) in [6.07, 6.45) is 3.07. The number of nitrogens with zero attached hydrogens (tertiary/aromatic N) is 3. The summed E-state index contributed by atoms with van der Waals surface area (Å²) in [4.78, 5) is 14.2. The Labute approximate surface area is 123 Å². The fourth-order valence-corrected chi connectivity index (χ4v) is 3.23. The second-order valence-electron chi connectivity index (χ2n) is 4.77. The SMILES string of the molecule is CCNc1nnc(CN2CCCCC2C(=O)OCC)s1. The number of hydrogen-bond donors (Lipinski definition) is 1. The first-order chi connectivity index (χ1) is 9.74. The maximum absolute atomic E-state index is 12.0. The molecule has 1 aliphatic rings. The van der Waals surface area contributed by atoms with Gasteiger partial charge in [-0.15, -0.1) is 10.2 Å². The molecule has 0 aromatic carbocycles. The average molecular weight is 298 g/mol. The van der Waals surface area contributed by atoms with Gasteiger partial charge in [-0.1, -0.05) is 17.8 Å². The van der Waals surface area contributed by atoms with Crippen molar-refractivity contribution in [2.24, 2.45) is 0 Å². The highest BCUT2D eigenvalue weighted by atomic mass is 32.1. The Morgan fingerprint density at radius 3 is 3.05 bits per heavy atom. The predicted octanol–water partition coefficient (Wildman–Crippen LogP) is 1.89.